The molecule has 2 rings (SSSR count). The van der Waals surface area contributed by atoms with E-state index in [1.807, 2.05) is 0 Å². The molecule has 0 fully saturated rings. The van der Waals surface area contributed by atoms with Gasteiger partial charge in [0, 0.05) is 18.8 Å². The van der Waals surface area contributed by atoms with E-state index in [-0.39, 0.29) is 17.4 Å². The molecule has 0 saturated carbocycles. The smallest absolute Gasteiger partial charge is 0.262 e. The molecule has 0 radical (unpaired) electrons. The van der Waals surface area contributed by atoms with Crippen LogP contribution in [0.3, 0.4) is 0 Å². The minimum absolute atomic E-state index is 0.202. The molecule has 0 bridgehead atoms. The number of nitriles is 1. The summed E-state index contributed by atoms with van der Waals surface area (Å²) in [4.78, 5) is 12.3. The van der Waals surface area contributed by atoms with Crippen molar-refractivity contribution in [1.82, 2.24) is 4.31 Å². The summed E-state index contributed by atoms with van der Waals surface area (Å²) < 4.78 is 32.1. The Hall–Kier alpha value is -2.89. The lowest BCUT2D eigenvalue weighted by Gasteiger charge is -2.19. The summed E-state index contributed by atoms with van der Waals surface area (Å²) in [5, 5.41) is 11.4. The molecule has 0 aliphatic carbocycles. The Kier molecular flexibility index (Phi) is 7.76. The second kappa shape index (κ2) is 10.0. The van der Waals surface area contributed by atoms with E-state index in [0.717, 1.165) is 5.56 Å². The Morgan fingerprint density at radius 2 is 1.79 bits per heavy atom. The van der Waals surface area contributed by atoms with E-state index in [1.165, 1.54) is 10.4 Å². The lowest BCUT2D eigenvalue weighted by Crippen LogP contribution is -2.30. The van der Waals surface area contributed by atoms with Crippen LogP contribution in [0.2, 0.25) is 0 Å². The lowest BCUT2D eigenvalue weighted by molar-refractivity contribution is -0.118. The minimum Gasteiger partial charge on any atom is -0.483 e. The zero-order chi connectivity index (χ0) is 21.4. The van der Waals surface area contributed by atoms with Crippen molar-refractivity contribution in [2.24, 2.45) is 0 Å². The van der Waals surface area contributed by atoms with Crippen LogP contribution in [0.1, 0.15) is 25.0 Å². The van der Waals surface area contributed by atoms with E-state index in [9.17, 15) is 13.2 Å². The summed E-state index contributed by atoms with van der Waals surface area (Å²) in [7, 11) is -3.54. The molecule has 7 nitrogen and oxygen atoms in total. The third-order valence-corrected chi connectivity index (χ3v) is 6.42. The zero-order valence-electron chi connectivity index (χ0n) is 16.8. The number of anilines is 1. The first-order valence-corrected chi connectivity index (χ1v) is 10.7. The predicted molar refractivity (Wildman–Crippen MR) is 111 cm³/mol. The van der Waals surface area contributed by atoms with Gasteiger partial charge in [-0.1, -0.05) is 26.0 Å². The molecule has 0 aliphatic rings. The Balaban J connectivity index is 2.00. The molecule has 8 heteroatoms. The number of ether oxygens (including phenoxy) is 1. The normalized spacial score (nSPS) is 11.1. The minimum atomic E-state index is -3.54. The molecule has 0 heterocycles. The standard InChI is InChI=1S/C21H25N3O4S/c1-4-24(5-2)29(26,27)19-10-11-20(16(3)14-19)28-15-21(25)23-18-8-6-17(7-9-18)12-13-22/h6-11,14H,4-5,12,15H2,1-3H3,(H,23,25). The molecule has 154 valence electrons. The lowest BCUT2D eigenvalue weighted by atomic mass is 10.1. The van der Waals surface area contributed by atoms with Crippen molar-refractivity contribution in [3.05, 3.63) is 53.6 Å². The number of carbonyl (C=O) groups excluding carboxylic acids is 1. The highest BCUT2D eigenvalue weighted by Gasteiger charge is 2.22. The van der Waals surface area contributed by atoms with Crippen LogP contribution in [-0.4, -0.2) is 38.3 Å². The summed E-state index contributed by atoms with van der Waals surface area (Å²) in [5.41, 5.74) is 2.11. The molecule has 29 heavy (non-hydrogen) atoms. The first-order chi connectivity index (χ1) is 13.8. The summed E-state index contributed by atoms with van der Waals surface area (Å²) in [5.74, 6) is 0.111. The molecule has 0 aliphatic heterocycles. The molecule has 0 saturated heterocycles. The average Bonchev–Trinajstić information content (AvgIpc) is 2.69. The number of nitrogens with zero attached hydrogens (tertiary/aromatic N) is 2. The second-order valence-electron chi connectivity index (χ2n) is 6.39. The number of aryl methyl sites for hydroxylation is 1. The van der Waals surface area contributed by atoms with Gasteiger partial charge < -0.3 is 10.1 Å². The fourth-order valence-electron chi connectivity index (χ4n) is 2.79. The largest absolute Gasteiger partial charge is 0.483 e. The number of amides is 1. The van der Waals surface area contributed by atoms with E-state index < -0.39 is 10.0 Å². The van der Waals surface area contributed by atoms with Gasteiger partial charge in [-0.2, -0.15) is 9.57 Å². The van der Waals surface area contributed by atoms with Crippen LogP contribution in [0, 0.1) is 18.3 Å². The third kappa shape index (κ3) is 5.79. The summed E-state index contributed by atoms with van der Waals surface area (Å²) in [6.07, 6.45) is 0.316. The van der Waals surface area contributed by atoms with Gasteiger partial charge in [-0.25, -0.2) is 8.42 Å². The van der Waals surface area contributed by atoms with E-state index in [0.29, 0.717) is 36.5 Å². The van der Waals surface area contributed by atoms with E-state index in [2.05, 4.69) is 11.4 Å². The average molecular weight is 416 g/mol. The van der Waals surface area contributed by atoms with Crippen LogP contribution in [0.5, 0.6) is 5.75 Å². The second-order valence-corrected chi connectivity index (χ2v) is 8.32. The maximum Gasteiger partial charge on any atom is 0.262 e. The topological polar surface area (TPSA) is 99.5 Å². The van der Waals surface area contributed by atoms with Gasteiger partial charge in [-0.05, 0) is 48.4 Å². The SMILES string of the molecule is CCN(CC)S(=O)(=O)c1ccc(OCC(=O)Nc2ccc(CC#N)cc2)c(C)c1. The molecule has 0 spiro atoms. The van der Waals surface area contributed by atoms with E-state index in [4.69, 9.17) is 10.00 Å². The fraction of sp³-hybridized carbons (Fsp3) is 0.333. The number of sulfonamides is 1. The first-order valence-electron chi connectivity index (χ1n) is 9.31. The highest BCUT2D eigenvalue weighted by atomic mass is 32.2. The number of rotatable bonds is 9. The quantitative estimate of drug-likeness (QED) is 0.678. The molecular formula is C21H25N3O4S. The van der Waals surface area contributed by atoms with Gasteiger partial charge in [-0.3, -0.25) is 4.79 Å². The summed E-state index contributed by atoms with van der Waals surface area (Å²) >= 11 is 0. The monoisotopic (exact) mass is 415 g/mol. The molecule has 2 aromatic carbocycles. The van der Waals surface area contributed by atoms with Gasteiger partial charge >= 0.3 is 0 Å². The molecule has 0 aromatic heterocycles. The van der Waals surface area contributed by atoms with Crippen LogP contribution >= 0.6 is 0 Å². The number of hydrogen-bond acceptors (Lipinski definition) is 5. The maximum atomic E-state index is 12.6. The van der Waals surface area contributed by atoms with Crippen molar-refractivity contribution in [3.63, 3.8) is 0 Å². The molecular weight excluding hydrogens is 390 g/mol. The summed E-state index contributed by atoms with van der Waals surface area (Å²) in [6, 6.07) is 13.7. The fourth-order valence-corrected chi connectivity index (χ4v) is 4.34. The number of benzene rings is 2. The van der Waals surface area contributed by atoms with Gasteiger partial charge in [0.2, 0.25) is 10.0 Å². The highest BCUT2D eigenvalue weighted by molar-refractivity contribution is 7.89. The van der Waals surface area contributed by atoms with Crippen LogP contribution < -0.4 is 10.1 Å². The Labute approximate surface area is 172 Å². The van der Waals surface area contributed by atoms with Crippen molar-refractivity contribution in [3.8, 4) is 11.8 Å². The van der Waals surface area contributed by atoms with Crippen LogP contribution in [0.25, 0.3) is 0 Å². The van der Waals surface area contributed by atoms with Crippen molar-refractivity contribution >= 4 is 21.6 Å². The molecule has 0 unspecified atom stereocenters. The van der Waals surface area contributed by atoms with Crippen molar-refractivity contribution in [2.45, 2.75) is 32.1 Å². The van der Waals surface area contributed by atoms with Crippen LogP contribution in [0.4, 0.5) is 5.69 Å². The number of carbonyl (C=O) groups is 1. The molecule has 1 amide bonds. The number of hydrogen-bond donors (Lipinski definition) is 1. The van der Waals surface area contributed by atoms with Crippen molar-refractivity contribution in [1.29, 1.82) is 5.26 Å². The zero-order valence-corrected chi connectivity index (χ0v) is 17.6. The molecule has 2 aromatic rings. The van der Waals surface area contributed by atoms with Crippen LogP contribution in [0.15, 0.2) is 47.4 Å². The summed E-state index contributed by atoms with van der Waals surface area (Å²) in [6.45, 7) is 5.91. The Bertz CT molecular complexity index is 992. The van der Waals surface area contributed by atoms with Crippen molar-refractivity contribution < 1.29 is 17.9 Å². The van der Waals surface area contributed by atoms with E-state index >= 15 is 0 Å². The Morgan fingerprint density at radius 1 is 1.14 bits per heavy atom. The third-order valence-electron chi connectivity index (χ3n) is 4.37. The molecule has 1 N–H and O–H groups in total. The van der Waals surface area contributed by atoms with Crippen LogP contribution in [-0.2, 0) is 21.2 Å². The van der Waals surface area contributed by atoms with Gasteiger partial charge in [0.1, 0.15) is 5.75 Å². The highest BCUT2D eigenvalue weighted by Crippen LogP contribution is 2.24. The maximum absolute atomic E-state index is 12.6. The molecule has 0 atom stereocenters. The van der Waals surface area contributed by atoms with Gasteiger partial charge in [0.25, 0.3) is 5.91 Å². The first kappa shape index (κ1) is 22.4. The number of nitrogens with one attached hydrogen (secondary N) is 1. The van der Waals surface area contributed by atoms with Gasteiger partial charge in [0.05, 0.1) is 17.4 Å². The Morgan fingerprint density at radius 3 is 2.34 bits per heavy atom. The van der Waals surface area contributed by atoms with Gasteiger partial charge in [0.15, 0.2) is 6.61 Å². The van der Waals surface area contributed by atoms with Crippen molar-refractivity contribution in [2.75, 3.05) is 25.0 Å². The predicted octanol–water partition coefficient (Wildman–Crippen LogP) is 3.11. The van der Waals surface area contributed by atoms with Gasteiger partial charge in [-0.15, -0.1) is 0 Å². The van der Waals surface area contributed by atoms with E-state index in [1.54, 1.807) is 57.2 Å².